The van der Waals surface area contributed by atoms with E-state index in [0.717, 1.165) is 5.52 Å². The van der Waals surface area contributed by atoms with Crippen LogP contribution in [-0.4, -0.2) is 11.0 Å². The van der Waals surface area contributed by atoms with Crippen molar-refractivity contribution in [2.24, 2.45) is 5.41 Å². The second-order valence-electron chi connectivity index (χ2n) is 6.48. The standard InChI is InChI=1S/C17H22N2/c1-17(2)10-5-6-13(12-17)19-16-9-11-18-15-8-4-3-7-14(15)16/h3-4,7-9,11,13H,5-6,10,12H2,1-2H3,(H,18,19). The van der Waals surface area contributed by atoms with Gasteiger partial charge in [0.15, 0.2) is 0 Å². The van der Waals surface area contributed by atoms with Gasteiger partial charge in [0.25, 0.3) is 0 Å². The van der Waals surface area contributed by atoms with E-state index >= 15 is 0 Å². The topological polar surface area (TPSA) is 24.9 Å². The molecule has 2 aromatic rings. The lowest BCUT2D eigenvalue weighted by molar-refractivity contribution is 0.229. The average Bonchev–Trinajstić information content (AvgIpc) is 2.38. The molecule has 1 heterocycles. The zero-order chi connectivity index (χ0) is 13.3. The van der Waals surface area contributed by atoms with Crippen LogP contribution in [0.5, 0.6) is 0 Å². The number of anilines is 1. The molecule has 1 aromatic carbocycles. The van der Waals surface area contributed by atoms with Crippen LogP contribution in [0.3, 0.4) is 0 Å². The summed E-state index contributed by atoms with van der Waals surface area (Å²) in [5.74, 6) is 0. The number of nitrogens with one attached hydrogen (secondary N) is 1. The van der Waals surface area contributed by atoms with Gasteiger partial charge in [-0.25, -0.2) is 0 Å². The van der Waals surface area contributed by atoms with Crippen molar-refractivity contribution in [2.45, 2.75) is 45.6 Å². The molecule has 2 nitrogen and oxygen atoms in total. The third-order valence-corrected chi connectivity index (χ3v) is 4.21. The molecule has 0 spiro atoms. The quantitative estimate of drug-likeness (QED) is 0.846. The van der Waals surface area contributed by atoms with E-state index in [1.54, 1.807) is 0 Å². The molecule has 0 amide bonds. The molecule has 0 radical (unpaired) electrons. The van der Waals surface area contributed by atoms with E-state index in [1.165, 1.54) is 36.8 Å². The Balaban J connectivity index is 1.85. The van der Waals surface area contributed by atoms with E-state index < -0.39 is 0 Å². The highest BCUT2D eigenvalue weighted by Gasteiger charge is 2.27. The smallest absolute Gasteiger partial charge is 0.0722 e. The maximum Gasteiger partial charge on any atom is 0.0722 e. The highest BCUT2D eigenvalue weighted by molar-refractivity contribution is 5.90. The summed E-state index contributed by atoms with van der Waals surface area (Å²) in [7, 11) is 0. The Labute approximate surface area is 115 Å². The lowest BCUT2D eigenvalue weighted by Crippen LogP contribution is -2.31. The van der Waals surface area contributed by atoms with Gasteiger partial charge in [0.05, 0.1) is 5.52 Å². The SMILES string of the molecule is CC1(C)CCCC(Nc2ccnc3ccccc23)C1. The van der Waals surface area contributed by atoms with Gasteiger partial charge < -0.3 is 5.32 Å². The van der Waals surface area contributed by atoms with Crippen molar-refractivity contribution in [1.29, 1.82) is 0 Å². The summed E-state index contributed by atoms with van der Waals surface area (Å²) in [6.45, 7) is 4.76. The van der Waals surface area contributed by atoms with Crippen LogP contribution in [0.2, 0.25) is 0 Å². The Morgan fingerprint density at radius 2 is 2.05 bits per heavy atom. The minimum Gasteiger partial charge on any atom is -0.382 e. The van der Waals surface area contributed by atoms with Gasteiger partial charge in [0.2, 0.25) is 0 Å². The van der Waals surface area contributed by atoms with E-state index in [4.69, 9.17) is 0 Å². The Bertz CT molecular complexity index is 569. The summed E-state index contributed by atoms with van der Waals surface area (Å²) in [5, 5.41) is 4.97. The first-order valence-corrected chi connectivity index (χ1v) is 7.24. The maximum atomic E-state index is 4.42. The van der Waals surface area contributed by atoms with Crippen molar-refractivity contribution in [3.05, 3.63) is 36.5 Å². The second kappa shape index (κ2) is 4.84. The number of benzene rings is 1. The first-order valence-electron chi connectivity index (χ1n) is 7.24. The average molecular weight is 254 g/mol. The van der Waals surface area contributed by atoms with Crippen molar-refractivity contribution >= 4 is 16.6 Å². The van der Waals surface area contributed by atoms with Gasteiger partial charge in [-0.2, -0.15) is 0 Å². The predicted molar refractivity (Wildman–Crippen MR) is 81.4 cm³/mol. The molecule has 0 saturated heterocycles. The van der Waals surface area contributed by atoms with E-state index in [0.29, 0.717) is 11.5 Å². The maximum absolute atomic E-state index is 4.42. The van der Waals surface area contributed by atoms with Crippen LogP contribution in [0.4, 0.5) is 5.69 Å². The lowest BCUT2D eigenvalue weighted by atomic mass is 9.75. The van der Waals surface area contributed by atoms with E-state index in [1.807, 2.05) is 12.3 Å². The van der Waals surface area contributed by atoms with Gasteiger partial charge in [-0.05, 0) is 36.8 Å². The molecule has 19 heavy (non-hydrogen) atoms. The molecule has 0 bridgehead atoms. The molecular weight excluding hydrogens is 232 g/mol. The van der Waals surface area contributed by atoms with Gasteiger partial charge in [-0.3, -0.25) is 4.98 Å². The molecule has 1 fully saturated rings. The van der Waals surface area contributed by atoms with E-state index in [-0.39, 0.29) is 0 Å². The molecule has 2 heteroatoms. The number of hydrogen-bond acceptors (Lipinski definition) is 2. The molecule has 0 aliphatic heterocycles. The van der Waals surface area contributed by atoms with Crippen LogP contribution >= 0.6 is 0 Å². The fourth-order valence-electron chi connectivity index (χ4n) is 3.26. The Morgan fingerprint density at radius 1 is 1.21 bits per heavy atom. The van der Waals surface area contributed by atoms with Gasteiger partial charge >= 0.3 is 0 Å². The zero-order valence-electron chi connectivity index (χ0n) is 11.8. The number of rotatable bonds is 2. The summed E-state index contributed by atoms with van der Waals surface area (Å²) < 4.78 is 0. The molecule has 1 N–H and O–H groups in total. The molecular formula is C17H22N2. The number of pyridine rings is 1. The monoisotopic (exact) mass is 254 g/mol. The number of aromatic nitrogens is 1. The fourth-order valence-corrected chi connectivity index (χ4v) is 3.26. The molecule has 1 aromatic heterocycles. The molecule has 1 aliphatic carbocycles. The van der Waals surface area contributed by atoms with Crippen LogP contribution in [0.25, 0.3) is 10.9 Å². The van der Waals surface area contributed by atoms with Crippen molar-refractivity contribution < 1.29 is 0 Å². The van der Waals surface area contributed by atoms with Crippen LogP contribution in [0.1, 0.15) is 39.5 Å². The van der Waals surface area contributed by atoms with Crippen LogP contribution in [0.15, 0.2) is 36.5 Å². The van der Waals surface area contributed by atoms with Gasteiger partial charge in [0, 0.05) is 23.3 Å². The largest absolute Gasteiger partial charge is 0.382 e. The summed E-state index contributed by atoms with van der Waals surface area (Å²) >= 11 is 0. The highest BCUT2D eigenvalue weighted by atomic mass is 14.9. The van der Waals surface area contributed by atoms with E-state index in [9.17, 15) is 0 Å². The van der Waals surface area contributed by atoms with Crippen LogP contribution < -0.4 is 5.32 Å². The van der Waals surface area contributed by atoms with Crippen LogP contribution in [-0.2, 0) is 0 Å². The normalized spacial score (nSPS) is 22.3. The number of fused-ring (bicyclic) bond motifs is 1. The number of nitrogens with zero attached hydrogens (tertiary/aromatic N) is 1. The van der Waals surface area contributed by atoms with Gasteiger partial charge in [-0.1, -0.05) is 38.5 Å². The molecule has 1 aliphatic rings. The molecule has 1 saturated carbocycles. The van der Waals surface area contributed by atoms with Crippen molar-refractivity contribution in [3.63, 3.8) is 0 Å². The summed E-state index contributed by atoms with van der Waals surface area (Å²) in [5.41, 5.74) is 2.77. The summed E-state index contributed by atoms with van der Waals surface area (Å²) in [6.07, 6.45) is 7.11. The minimum atomic E-state index is 0.471. The van der Waals surface area contributed by atoms with E-state index in [2.05, 4.69) is 48.4 Å². The zero-order valence-corrected chi connectivity index (χ0v) is 11.8. The van der Waals surface area contributed by atoms with Crippen molar-refractivity contribution in [3.8, 4) is 0 Å². The molecule has 3 rings (SSSR count). The second-order valence-corrected chi connectivity index (χ2v) is 6.48. The number of para-hydroxylation sites is 1. The molecule has 1 unspecified atom stereocenters. The first kappa shape index (κ1) is 12.5. The summed E-state index contributed by atoms with van der Waals surface area (Å²) in [4.78, 5) is 4.42. The first-order chi connectivity index (χ1) is 9.14. The van der Waals surface area contributed by atoms with Crippen molar-refractivity contribution in [2.75, 3.05) is 5.32 Å². The summed E-state index contributed by atoms with van der Waals surface area (Å²) in [6, 6.07) is 11.0. The minimum absolute atomic E-state index is 0.471. The lowest BCUT2D eigenvalue weighted by Gasteiger charge is -2.36. The Hall–Kier alpha value is -1.57. The third kappa shape index (κ3) is 2.73. The third-order valence-electron chi connectivity index (χ3n) is 4.21. The predicted octanol–water partition coefficient (Wildman–Crippen LogP) is 4.62. The molecule has 100 valence electrons. The molecule has 1 atom stereocenters. The van der Waals surface area contributed by atoms with Gasteiger partial charge in [-0.15, -0.1) is 0 Å². The number of hydrogen-bond donors (Lipinski definition) is 1. The Morgan fingerprint density at radius 3 is 2.89 bits per heavy atom. The fraction of sp³-hybridized carbons (Fsp3) is 0.471. The van der Waals surface area contributed by atoms with Crippen molar-refractivity contribution in [1.82, 2.24) is 4.98 Å². The highest BCUT2D eigenvalue weighted by Crippen LogP contribution is 2.37. The van der Waals surface area contributed by atoms with Crippen LogP contribution in [0, 0.1) is 5.41 Å². The Kier molecular flexibility index (Phi) is 3.17. The van der Waals surface area contributed by atoms with Gasteiger partial charge in [0.1, 0.15) is 0 Å².